The highest BCUT2D eigenvalue weighted by atomic mass is 16.5. The molecular formula is C27H46O4. The molecule has 178 valence electrons. The van der Waals surface area contributed by atoms with Crippen molar-refractivity contribution in [2.24, 2.45) is 0 Å². The van der Waals surface area contributed by atoms with Crippen LogP contribution in [0.1, 0.15) is 115 Å². The largest absolute Gasteiger partial charge is 0.508 e. The lowest BCUT2D eigenvalue weighted by Crippen LogP contribution is -2.11. The minimum absolute atomic E-state index is 0.205. The number of benzene rings is 1. The number of aliphatic hydroxyl groups is 1. The average molecular weight is 435 g/mol. The minimum Gasteiger partial charge on any atom is -0.508 e. The monoisotopic (exact) mass is 434 g/mol. The highest BCUT2D eigenvalue weighted by Crippen LogP contribution is 2.14. The van der Waals surface area contributed by atoms with E-state index in [4.69, 9.17) is 4.74 Å². The molecule has 0 spiro atoms. The summed E-state index contributed by atoms with van der Waals surface area (Å²) in [5.74, 6) is 0.0249. The molecule has 0 fully saturated rings. The number of carbonyl (C=O) groups is 1. The van der Waals surface area contributed by atoms with Crippen LogP contribution in [0.15, 0.2) is 24.3 Å². The molecule has 1 rings (SSSR count). The standard InChI is InChI=1S/C27H46O4/c1-2-3-4-5-6-7-8-9-10-11-12-13-15-25(28)16-14-23-31-27(30)22-19-24-17-20-26(29)21-18-24/h17-18,20-21,25,28-29H,2-16,19,22-23H2,1H3. The van der Waals surface area contributed by atoms with Crippen LogP contribution in [0.2, 0.25) is 0 Å². The molecule has 4 nitrogen and oxygen atoms in total. The third-order valence-electron chi connectivity index (χ3n) is 5.89. The predicted octanol–water partition coefficient (Wildman–Crippen LogP) is 7.10. The van der Waals surface area contributed by atoms with Crippen molar-refractivity contribution in [2.75, 3.05) is 6.61 Å². The van der Waals surface area contributed by atoms with Gasteiger partial charge in [0.25, 0.3) is 0 Å². The molecule has 0 saturated heterocycles. The van der Waals surface area contributed by atoms with Crippen LogP contribution in [0.4, 0.5) is 0 Å². The Morgan fingerprint density at radius 2 is 1.32 bits per heavy atom. The van der Waals surface area contributed by atoms with Crippen molar-refractivity contribution in [3.05, 3.63) is 29.8 Å². The van der Waals surface area contributed by atoms with E-state index < -0.39 is 0 Å². The number of aliphatic hydroxyl groups excluding tert-OH is 1. The lowest BCUT2D eigenvalue weighted by molar-refractivity contribution is -0.143. The topological polar surface area (TPSA) is 66.8 Å². The van der Waals surface area contributed by atoms with Crippen LogP contribution in [0, 0.1) is 0 Å². The van der Waals surface area contributed by atoms with Gasteiger partial charge in [-0.2, -0.15) is 0 Å². The van der Waals surface area contributed by atoms with Gasteiger partial charge in [-0.1, -0.05) is 96.1 Å². The lowest BCUT2D eigenvalue weighted by atomic mass is 10.0. The summed E-state index contributed by atoms with van der Waals surface area (Å²) in [7, 11) is 0. The second kappa shape index (κ2) is 19.2. The zero-order chi connectivity index (χ0) is 22.6. The van der Waals surface area contributed by atoms with Crippen molar-refractivity contribution in [1.82, 2.24) is 0 Å². The van der Waals surface area contributed by atoms with Gasteiger partial charge in [0.2, 0.25) is 0 Å². The number of phenolic OH excluding ortho intramolecular Hbond substituents is 1. The maximum atomic E-state index is 11.8. The van der Waals surface area contributed by atoms with Crippen molar-refractivity contribution in [2.45, 2.75) is 122 Å². The molecule has 0 bridgehead atoms. The molecule has 0 radical (unpaired) electrons. The fourth-order valence-electron chi connectivity index (χ4n) is 3.85. The van der Waals surface area contributed by atoms with E-state index in [1.165, 1.54) is 70.6 Å². The van der Waals surface area contributed by atoms with E-state index in [1.54, 1.807) is 12.1 Å². The van der Waals surface area contributed by atoms with Gasteiger partial charge in [-0.15, -0.1) is 0 Å². The van der Waals surface area contributed by atoms with Crippen LogP contribution in [0.25, 0.3) is 0 Å². The first-order valence-electron chi connectivity index (χ1n) is 12.7. The van der Waals surface area contributed by atoms with Crippen LogP contribution >= 0.6 is 0 Å². The van der Waals surface area contributed by atoms with Crippen LogP contribution in [-0.4, -0.2) is 28.9 Å². The Labute approximate surface area is 190 Å². The molecule has 0 amide bonds. The minimum atomic E-state index is -0.279. The van der Waals surface area contributed by atoms with E-state index in [0.717, 1.165) is 18.4 Å². The maximum absolute atomic E-state index is 11.8. The number of aromatic hydroxyl groups is 1. The Morgan fingerprint density at radius 1 is 0.806 bits per heavy atom. The molecule has 0 aliphatic rings. The molecule has 0 saturated carbocycles. The van der Waals surface area contributed by atoms with Crippen LogP contribution in [-0.2, 0) is 16.0 Å². The fraction of sp³-hybridized carbons (Fsp3) is 0.741. The molecule has 0 aliphatic heterocycles. The number of aryl methyl sites for hydroxylation is 1. The SMILES string of the molecule is CCCCCCCCCCCCCCC(O)CCCOC(=O)CCc1ccc(O)cc1. The zero-order valence-corrected chi connectivity index (χ0v) is 19.8. The molecule has 1 aromatic carbocycles. The smallest absolute Gasteiger partial charge is 0.306 e. The van der Waals surface area contributed by atoms with Gasteiger partial charge >= 0.3 is 5.97 Å². The summed E-state index contributed by atoms with van der Waals surface area (Å²) in [5.41, 5.74) is 1.01. The number of hydrogen-bond donors (Lipinski definition) is 2. The van der Waals surface area contributed by atoms with Gasteiger partial charge in [-0.3, -0.25) is 4.79 Å². The zero-order valence-electron chi connectivity index (χ0n) is 19.8. The highest BCUT2D eigenvalue weighted by Gasteiger charge is 2.07. The molecule has 4 heteroatoms. The number of phenols is 1. The van der Waals surface area contributed by atoms with Crippen LogP contribution in [0.3, 0.4) is 0 Å². The summed E-state index contributed by atoms with van der Waals surface area (Å²) in [6.45, 7) is 2.64. The van der Waals surface area contributed by atoms with Gasteiger partial charge in [0.05, 0.1) is 12.7 Å². The second-order valence-corrected chi connectivity index (χ2v) is 8.86. The van der Waals surface area contributed by atoms with E-state index in [-0.39, 0.29) is 17.8 Å². The number of rotatable bonds is 20. The molecule has 1 aromatic rings. The van der Waals surface area contributed by atoms with Gasteiger partial charge in [0, 0.05) is 6.42 Å². The normalized spacial score (nSPS) is 12.1. The highest BCUT2D eigenvalue weighted by molar-refractivity contribution is 5.69. The van der Waals surface area contributed by atoms with Gasteiger partial charge in [0.15, 0.2) is 0 Å². The van der Waals surface area contributed by atoms with E-state index in [0.29, 0.717) is 32.3 Å². The lowest BCUT2D eigenvalue weighted by Gasteiger charge is -2.11. The first-order valence-corrected chi connectivity index (χ1v) is 12.7. The second-order valence-electron chi connectivity index (χ2n) is 8.86. The molecule has 1 atom stereocenters. The Bertz CT molecular complexity index is 541. The summed E-state index contributed by atoms with van der Waals surface area (Å²) in [4.78, 5) is 11.8. The van der Waals surface area contributed by atoms with Gasteiger partial charge in [0.1, 0.15) is 5.75 Å². The third kappa shape index (κ3) is 16.8. The quantitative estimate of drug-likeness (QED) is 0.170. The van der Waals surface area contributed by atoms with Crippen molar-refractivity contribution in [1.29, 1.82) is 0 Å². The molecule has 0 aromatic heterocycles. The average Bonchev–Trinajstić information content (AvgIpc) is 2.77. The van der Waals surface area contributed by atoms with Gasteiger partial charge < -0.3 is 14.9 Å². The van der Waals surface area contributed by atoms with Gasteiger partial charge in [-0.05, 0) is 43.4 Å². The summed E-state index contributed by atoms with van der Waals surface area (Å²) in [6, 6.07) is 6.88. The first-order chi connectivity index (χ1) is 15.1. The molecule has 2 N–H and O–H groups in total. The number of unbranched alkanes of at least 4 members (excludes halogenated alkanes) is 11. The van der Waals surface area contributed by atoms with Gasteiger partial charge in [-0.25, -0.2) is 0 Å². The van der Waals surface area contributed by atoms with Crippen molar-refractivity contribution in [3.8, 4) is 5.75 Å². The number of carbonyl (C=O) groups excluding carboxylic acids is 1. The Balaban J connectivity index is 1.85. The number of ether oxygens (including phenoxy) is 1. The van der Waals surface area contributed by atoms with Crippen molar-refractivity contribution >= 4 is 5.97 Å². The summed E-state index contributed by atoms with van der Waals surface area (Å²) in [5, 5.41) is 19.3. The van der Waals surface area contributed by atoms with E-state index in [2.05, 4.69) is 6.92 Å². The Morgan fingerprint density at radius 3 is 1.90 bits per heavy atom. The fourth-order valence-corrected chi connectivity index (χ4v) is 3.85. The van der Waals surface area contributed by atoms with Crippen molar-refractivity contribution < 1.29 is 19.7 Å². The van der Waals surface area contributed by atoms with Crippen LogP contribution in [0.5, 0.6) is 5.75 Å². The van der Waals surface area contributed by atoms with Crippen LogP contribution < -0.4 is 0 Å². The number of hydrogen-bond acceptors (Lipinski definition) is 4. The van der Waals surface area contributed by atoms with E-state index >= 15 is 0 Å². The Kier molecular flexibility index (Phi) is 17.0. The first kappa shape index (κ1) is 27.5. The summed E-state index contributed by atoms with van der Waals surface area (Å²) in [6.07, 6.45) is 18.9. The predicted molar refractivity (Wildman–Crippen MR) is 128 cm³/mol. The summed E-state index contributed by atoms with van der Waals surface area (Å²) >= 11 is 0. The third-order valence-corrected chi connectivity index (χ3v) is 5.89. The van der Waals surface area contributed by atoms with E-state index in [9.17, 15) is 15.0 Å². The molecule has 0 heterocycles. The molecule has 31 heavy (non-hydrogen) atoms. The number of esters is 1. The Hall–Kier alpha value is -1.55. The van der Waals surface area contributed by atoms with E-state index in [1.807, 2.05) is 12.1 Å². The molecule has 1 unspecified atom stereocenters. The summed E-state index contributed by atoms with van der Waals surface area (Å²) < 4.78 is 5.26. The molecular weight excluding hydrogens is 388 g/mol. The maximum Gasteiger partial charge on any atom is 0.306 e. The van der Waals surface area contributed by atoms with Crippen molar-refractivity contribution in [3.63, 3.8) is 0 Å². The molecule has 0 aliphatic carbocycles.